The summed E-state index contributed by atoms with van der Waals surface area (Å²) in [4.78, 5) is 5.21. The van der Waals surface area contributed by atoms with Gasteiger partial charge < -0.3 is 9.64 Å². The highest BCUT2D eigenvalue weighted by atomic mass is 16.5. The molecule has 1 atom stereocenters. The number of benzene rings is 1. The van der Waals surface area contributed by atoms with Crippen LogP contribution in [0.4, 0.5) is 0 Å². The summed E-state index contributed by atoms with van der Waals surface area (Å²) in [5.41, 5.74) is 1.47. The van der Waals surface area contributed by atoms with Crippen molar-refractivity contribution in [1.82, 2.24) is 9.80 Å². The van der Waals surface area contributed by atoms with Crippen molar-refractivity contribution in [2.45, 2.75) is 31.8 Å². The van der Waals surface area contributed by atoms with Gasteiger partial charge in [-0.2, -0.15) is 0 Å². The maximum Gasteiger partial charge on any atom is 0.0702 e. The van der Waals surface area contributed by atoms with Crippen molar-refractivity contribution in [2.75, 3.05) is 45.9 Å². The Balaban J connectivity index is 1.30. The number of rotatable bonds is 6. The van der Waals surface area contributed by atoms with Gasteiger partial charge in [0.15, 0.2) is 0 Å². The Hall–Kier alpha value is -0.900. The number of piperazine rings is 1. The van der Waals surface area contributed by atoms with Gasteiger partial charge in [-0.15, -0.1) is 0 Å². The van der Waals surface area contributed by atoms with Crippen molar-refractivity contribution in [1.29, 1.82) is 0 Å². The topological polar surface area (TPSA) is 15.7 Å². The maximum absolute atomic E-state index is 5.74. The van der Waals surface area contributed by atoms with E-state index in [1.165, 1.54) is 64.0 Å². The van der Waals surface area contributed by atoms with Gasteiger partial charge in [-0.3, -0.25) is 4.90 Å². The van der Waals surface area contributed by atoms with Crippen LogP contribution in [0, 0.1) is 0 Å². The highest BCUT2D eigenvalue weighted by Crippen LogP contribution is 2.14. The van der Waals surface area contributed by atoms with Crippen LogP contribution >= 0.6 is 0 Å². The van der Waals surface area contributed by atoms with Gasteiger partial charge in [-0.1, -0.05) is 30.3 Å². The molecule has 0 spiro atoms. The van der Waals surface area contributed by atoms with Gasteiger partial charge in [-0.25, -0.2) is 0 Å². The minimum atomic E-state index is 0.509. The Bertz CT molecular complexity index is 395. The minimum absolute atomic E-state index is 0.509. The van der Waals surface area contributed by atoms with Crippen LogP contribution in [0.25, 0.3) is 0 Å². The minimum Gasteiger partial charge on any atom is -0.377 e. The third-order valence-corrected chi connectivity index (χ3v) is 4.73. The van der Waals surface area contributed by atoms with Gasteiger partial charge in [0.25, 0.3) is 0 Å². The third kappa shape index (κ3) is 4.80. The van der Waals surface area contributed by atoms with E-state index in [4.69, 9.17) is 4.74 Å². The summed E-state index contributed by atoms with van der Waals surface area (Å²) in [6.07, 6.45) is 5.50. The summed E-state index contributed by atoms with van der Waals surface area (Å²) < 4.78 is 5.74. The molecule has 2 saturated heterocycles. The molecule has 21 heavy (non-hydrogen) atoms. The van der Waals surface area contributed by atoms with Crippen LogP contribution in [0.2, 0.25) is 0 Å². The van der Waals surface area contributed by atoms with E-state index in [0.717, 1.165) is 13.2 Å². The number of aryl methyl sites for hydroxylation is 1. The molecule has 1 unspecified atom stereocenters. The first-order chi connectivity index (χ1) is 10.4. The summed E-state index contributed by atoms with van der Waals surface area (Å²) in [6.45, 7) is 8.24. The summed E-state index contributed by atoms with van der Waals surface area (Å²) in [5, 5.41) is 0. The molecule has 2 aliphatic rings. The molecule has 1 aromatic carbocycles. The first-order valence-electron chi connectivity index (χ1n) is 8.50. The second-order valence-corrected chi connectivity index (χ2v) is 6.37. The van der Waals surface area contributed by atoms with E-state index in [-0.39, 0.29) is 0 Å². The van der Waals surface area contributed by atoms with E-state index in [2.05, 4.69) is 40.1 Å². The van der Waals surface area contributed by atoms with Crippen molar-refractivity contribution in [2.24, 2.45) is 0 Å². The highest BCUT2D eigenvalue weighted by Gasteiger charge is 2.22. The van der Waals surface area contributed by atoms with E-state index < -0.39 is 0 Å². The molecule has 1 aromatic rings. The number of hydrogen-bond donors (Lipinski definition) is 0. The maximum atomic E-state index is 5.74. The van der Waals surface area contributed by atoms with Gasteiger partial charge in [0, 0.05) is 39.3 Å². The number of ether oxygens (including phenoxy) is 1. The second kappa shape index (κ2) is 7.92. The monoisotopic (exact) mass is 288 g/mol. The van der Waals surface area contributed by atoms with Crippen molar-refractivity contribution >= 4 is 0 Å². The predicted molar refractivity (Wildman–Crippen MR) is 86.6 cm³/mol. The molecule has 0 amide bonds. The van der Waals surface area contributed by atoms with Crippen molar-refractivity contribution in [3.05, 3.63) is 35.9 Å². The van der Waals surface area contributed by atoms with Crippen LogP contribution in [-0.4, -0.2) is 61.8 Å². The Kier molecular flexibility index (Phi) is 5.67. The van der Waals surface area contributed by atoms with Gasteiger partial charge in [0.05, 0.1) is 6.10 Å². The first-order valence-corrected chi connectivity index (χ1v) is 8.50. The molecule has 0 aromatic heterocycles. The summed E-state index contributed by atoms with van der Waals surface area (Å²) in [7, 11) is 0. The molecule has 3 heteroatoms. The van der Waals surface area contributed by atoms with E-state index in [1.807, 2.05) is 0 Å². The third-order valence-electron chi connectivity index (χ3n) is 4.73. The number of hydrogen-bond acceptors (Lipinski definition) is 3. The normalized spacial score (nSPS) is 24.5. The zero-order valence-corrected chi connectivity index (χ0v) is 13.0. The van der Waals surface area contributed by atoms with Crippen LogP contribution in [0.1, 0.15) is 24.8 Å². The summed E-state index contributed by atoms with van der Waals surface area (Å²) in [6, 6.07) is 10.8. The molecule has 3 rings (SSSR count). The zero-order valence-electron chi connectivity index (χ0n) is 13.0. The summed E-state index contributed by atoms with van der Waals surface area (Å²) >= 11 is 0. The lowest BCUT2D eigenvalue weighted by Crippen LogP contribution is -2.48. The van der Waals surface area contributed by atoms with E-state index in [0.29, 0.717) is 6.10 Å². The van der Waals surface area contributed by atoms with Crippen LogP contribution in [0.15, 0.2) is 30.3 Å². The lowest BCUT2D eigenvalue weighted by atomic mass is 10.1. The van der Waals surface area contributed by atoms with Crippen LogP contribution < -0.4 is 0 Å². The van der Waals surface area contributed by atoms with Gasteiger partial charge in [0.2, 0.25) is 0 Å². The molecular weight excluding hydrogens is 260 g/mol. The Morgan fingerprint density at radius 1 is 1.00 bits per heavy atom. The largest absolute Gasteiger partial charge is 0.377 e. The number of nitrogens with zero attached hydrogens (tertiary/aromatic N) is 2. The molecular formula is C18H28N2O. The van der Waals surface area contributed by atoms with E-state index in [1.54, 1.807) is 0 Å². The average Bonchev–Trinajstić information content (AvgIpc) is 3.03. The molecule has 0 radical (unpaired) electrons. The Morgan fingerprint density at radius 2 is 1.76 bits per heavy atom. The lowest BCUT2D eigenvalue weighted by molar-refractivity contribution is 0.0503. The fraction of sp³-hybridized carbons (Fsp3) is 0.667. The molecule has 2 heterocycles. The quantitative estimate of drug-likeness (QED) is 0.799. The smallest absolute Gasteiger partial charge is 0.0702 e. The van der Waals surface area contributed by atoms with Gasteiger partial charge >= 0.3 is 0 Å². The van der Waals surface area contributed by atoms with Gasteiger partial charge in [-0.05, 0) is 37.8 Å². The summed E-state index contributed by atoms with van der Waals surface area (Å²) in [5.74, 6) is 0. The van der Waals surface area contributed by atoms with E-state index >= 15 is 0 Å². The molecule has 0 saturated carbocycles. The molecule has 2 fully saturated rings. The zero-order chi connectivity index (χ0) is 14.3. The molecule has 2 aliphatic heterocycles. The van der Waals surface area contributed by atoms with Crippen LogP contribution in [0.5, 0.6) is 0 Å². The average molecular weight is 288 g/mol. The molecule has 0 aliphatic carbocycles. The van der Waals surface area contributed by atoms with Gasteiger partial charge in [0.1, 0.15) is 0 Å². The highest BCUT2D eigenvalue weighted by molar-refractivity contribution is 5.14. The fourth-order valence-electron chi connectivity index (χ4n) is 3.42. The van der Waals surface area contributed by atoms with Crippen molar-refractivity contribution in [3.8, 4) is 0 Å². The van der Waals surface area contributed by atoms with Crippen molar-refractivity contribution in [3.63, 3.8) is 0 Å². The lowest BCUT2D eigenvalue weighted by Gasteiger charge is -2.35. The SMILES string of the molecule is c1ccc(CCCN2CCN(CC3CCCO3)CC2)cc1. The molecule has 0 N–H and O–H groups in total. The predicted octanol–water partition coefficient (Wildman–Crippen LogP) is 2.42. The Morgan fingerprint density at radius 3 is 2.48 bits per heavy atom. The standard InChI is InChI=1S/C18H28N2O/c1-2-6-17(7-3-1)8-4-10-19-11-13-20(14-12-19)16-18-9-5-15-21-18/h1-3,6-7,18H,4-5,8-16H2. The molecule has 3 nitrogen and oxygen atoms in total. The van der Waals surface area contributed by atoms with Crippen LogP contribution in [-0.2, 0) is 11.2 Å². The second-order valence-electron chi connectivity index (χ2n) is 6.37. The van der Waals surface area contributed by atoms with Crippen molar-refractivity contribution < 1.29 is 4.74 Å². The molecule has 116 valence electrons. The Labute approximate surface area is 128 Å². The van der Waals surface area contributed by atoms with Crippen LogP contribution in [0.3, 0.4) is 0 Å². The molecule has 0 bridgehead atoms. The van der Waals surface area contributed by atoms with E-state index in [9.17, 15) is 0 Å². The first kappa shape index (κ1) is 15.0. The fourth-order valence-corrected chi connectivity index (χ4v) is 3.42.